The molecule has 2 aromatic carbocycles. The van der Waals surface area contributed by atoms with Gasteiger partial charge in [0, 0.05) is 64.6 Å². The van der Waals surface area contributed by atoms with E-state index in [2.05, 4.69) is 0 Å². The van der Waals surface area contributed by atoms with Gasteiger partial charge in [-0.1, -0.05) is 23.7 Å². The Hall–Kier alpha value is -3.50. The number of carbonyl (C=O) groups is 4. The molecule has 0 saturated carbocycles. The van der Waals surface area contributed by atoms with Crippen LogP contribution in [0.4, 0.5) is 4.39 Å². The van der Waals surface area contributed by atoms with Crippen LogP contribution in [0.2, 0.25) is 5.02 Å². The Morgan fingerprint density at radius 2 is 1.46 bits per heavy atom. The highest BCUT2D eigenvalue weighted by Gasteiger charge is 2.55. The van der Waals surface area contributed by atoms with Crippen molar-refractivity contribution in [3.05, 3.63) is 70.5 Å². The first-order valence-electron chi connectivity index (χ1n) is 13.0. The molecule has 39 heavy (non-hydrogen) atoms. The van der Waals surface area contributed by atoms with Crippen molar-refractivity contribution >= 4 is 35.2 Å². The van der Waals surface area contributed by atoms with Crippen LogP contribution in [0.25, 0.3) is 0 Å². The topological polar surface area (TPSA) is 90.5 Å². The molecule has 3 saturated heterocycles. The largest absolute Gasteiger partial charge is 0.353 e. The van der Waals surface area contributed by atoms with Crippen LogP contribution in [-0.4, -0.2) is 101 Å². The van der Waals surface area contributed by atoms with Crippen molar-refractivity contribution in [3.8, 4) is 0 Å². The Kier molecular flexibility index (Phi) is 7.59. The number of piperidine rings is 1. The Morgan fingerprint density at radius 3 is 2.08 bits per heavy atom. The van der Waals surface area contributed by atoms with Gasteiger partial charge in [0.2, 0.25) is 11.8 Å². The number of likely N-dealkylation sites (tertiary alicyclic amines) is 1. The van der Waals surface area contributed by atoms with Gasteiger partial charge in [0.15, 0.2) is 0 Å². The number of ether oxygens (including phenoxy) is 1. The smallest absolute Gasteiger partial charge is 0.256 e. The molecule has 11 heteroatoms. The van der Waals surface area contributed by atoms with Gasteiger partial charge in [-0.15, -0.1) is 0 Å². The van der Waals surface area contributed by atoms with Gasteiger partial charge in [0.25, 0.3) is 11.8 Å². The van der Waals surface area contributed by atoms with Crippen LogP contribution in [0, 0.1) is 5.82 Å². The van der Waals surface area contributed by atoms with Crippen molar-refractivity contribution in [1.29, 1.82) is 0 Å². The maximum absolute atomic E-state index is 13.9. The minimum atomic E-state index is -1.09. The summed E-state index contributed by atoms with van der Waals surface area (Å²) < 4.78 is 19.9. The summed E-state index contributed by atoms with van der Waals surface area (Å²) in [7, 11) is 0. The predicted octanol–water partition coefficient (Wildman–Crippen LogP) is 2.64. The van der Waals surface area contributed by atoms with Gasteiger partial charge >= 0.3 is 0 Å². The van der Waals surface area contributed by atoms with Crippen LogP contribution in [0.5, 0.6) is 0 Å². The number of hydrogen-bond donors (Lipinski definition) is 0. The van der Waals surface area contributed by atoms with Gasteiger partial charge in [0.1, 0.15) is 17.6 Å². The average molecular weight is 557 g/mol. The van der Waals surface area contributed by atoms with Gasteiger partial charge in [-0.05, 0) is 36.4 Å². The lowest BCUT2D eigenvalue weighted by Gasteiger charge is -2.45. The molecule has 3 fully saturated rings. The first-order valence-corrected chi connectivity index (χ1v) is 13.4. The van der Waals surface area contributed by atoms with Crippen molar-refractivity contribution in [2.75, 3.05) is 45.9 Å². The van der Waals surface area contributed by atoms with Crippen molar-refractivity contribution in [3.63, 3.8) is 0 Å². The molecule has 3 aliphatic rings. The third-order valence-electron chi connectivity index (χ3n) is 7.83. The van der Waals surface area contributed by atoms with Crippen LogP contribution in [-0.2, 0) is 14.3 Å². The Balaban J connectivity index is 1.38. The van der Waals surface area contributed by atoms with Gasteiger partial charge in [-0.25, -0.2) is 4.39 Å². The van der Waals surface area contributed by atoms with Crippen molar-refractivity contribution in [2.45, 2.75) is 31.5 Å². The van der Waals surface area contributed by atoms with E-state index in [4.69, 9.17) is 16.3 Å². The van der Waals surface area contributed by atoms with Crippen LogP contribution in [0.1, 0.15) is 40.5 Å². The predicted molar refractivity (Wildman–Crippen MR) is 140 cm³/mol. The molecule has 2 aromatic rings. The quantitative estimate of drug-likeness (QED) is 0.580. The summed E-state index contributed by atoms with van der Waals surface area (Å²) in [5.41, 5.74) is -0.445. The number of halogens is 2. The van der Waals surface area contributed by atoms with E-state index >= 15 is 0 Å². The standard InChI is InChI=1S/C28H30ClFN4O5/c1-19(35)31-14-16-33(17-15-31)27(38)24-18-39-28(34(24)25(36)20-6-8-21(30)9-7-20)10-12-32(13-11-28)26(37)22-4-2-3-5-23(22)29/h2-9,24H,10-18H2,1H3. The first kappa shape index (κ1) is 27.1. The number of piperazine rings is 1. The zero-order chi connectivity index (χ0) is 27.7. The third kappa shape index (κ3) is 5.23. The molecule has 1 atom stereocenters. The summed E-state index contributed by atoms with van der Waals surface area (Å²) in [6.45, 7) is 3.68. The van der Waals surface area contributed by atoms with E-state index in [9.17, 15) is 23.6 Å². The second-order valence-electron chi connectivity index (χ2n) is 10.1. The molecule has 3 aliphatic heterocycles. The SMILES string of the molecule is CC(=O)N1CCN(C(=O)C2COC3(CCN(C(=O)c4ccccc4Cl)CC3)N2C(=O)c2ccc(F)cc2)CC1. The molecule has 4 amide bonds. The molecule has 206 valence electrons. The highest BCUT2D eigenvalue weighted by Crippen LogP contribution is 2.39. The van der Waals surface area contributed by atoms with Crippen molar-refractivity contribution in [1.82, 2.24) is 19.6 Å². The van der Waals surface area contributed by atoms with Gasteiger partial charge < -0.3 is 19.4 Å². The number of nitrogens with zero attached hydrogens (tertiary/aromatic N) is 4. The molecule has 0 N–H and O–H groups in total. The maximum Gasteiger partial charge on any atom is 0.256 e. The minimum absolute atomic E-state index is 0.0111. The number of carbonyl (C=O) groups excluding carboxylic acids is 4. The lowest BCUT2D eigenvalue weighted by atomic mass is 9.96. The van der Waals surface area contributed by atoms with Gasteiger partial charge in [0.05, 0.1) is 17.2 Å². The van der Waals surface area contributed by atoms with Crippen LogP contribution in [0.3, 0.4) is 0 Å². The van der Waals surface area contributed by atoms with E-state index < -0.39 is 23.5 Å². The van der Waals surface area contributed by atoms with Crippen molar-refractivity contribution < 1.29 is 28.3 Å². The number of benzene rings is 2. The zero-order valence-electron chi connectivity index (χ0n) is 21.6. The van der Waals surface area contributed by atoms with E-state index in [0.29, 0.717) is 62.7 Å². The Labute approximate surface area is 231 Å². The molecule has 1 unspecified atom stereocenters. The molecule has 0 bridgehead atoms. The minimum Gasteiger partial charge on any atom is -0.353 e. The number of amides is 4. The highest BCUT2D eigenvalue weighted by atomic mass is 35.5. The van der Waals surface area contributed by atoms with E-state index in [-0.39, 0.29) is 29.9 Å². The summed E-state index contributed by atoms with van der Waals surface area (Å²) in [6, 6.07) is 11.2. The molecule has 5 rings (SSSR count). The second kappa shape index (κ2) is 10.9. The van der Waals surface area contributed by atoms with E-state index in [1.165, 1.54) is 36.1 Å². The lowest BCUT2D eigenvalue weighted by Crippen LogP contribution is -2.61. The third-order valence-corrected chi connectivity index (χ3v) is 8.16. The van der Waals surface area contributed by atoms with E-state index in [1.54, 1.807) is 39.0 Å². The van der Waals surface area contributed by atoms with Gasteiger partial charge in [-0.2, -0.15) is 0 Å². The average Bonchev–Trinajstić information content (AvgIpc) is 3.31. The normalized spacial score (nSPS) is 20.8. The summed E-state index contributed by atoms with van der Waals surface area (Å²) in [6.07, 6.45) is 0.607. The Bertz CT molecular complexity index is 1270. The molecule has 0 aromatic heterocycles. The second-order valence-corrected chi connectivity index (χ2v) is 10.5. The molecule has 3 heterocycles. The van der Waals surface area contributed by atoms with E-state index in [0.717, 1.165) is 0 Å². The summed E-state index contributed by atoms with van der Waals surface area (Å²) in [4.78, 5) is 58.9. The fraction of sp³-hybridized carbons (Fsp3) is 0.429. The molecule has 0 aliphatic carbocycles. The molecular weight excluding hydrogens is 527 g/mol. The zero-order valence-corrected chi connectivity index (χ0v) is 22.4. The monoisotopic (exact) mass is 556 g/mol. The first-order chi connectivity index (χ1) is 18.7. The summed E-state index contributed by atoms with van der Waals surface area (Å²) in [5.74, 6) is -1.40. The lowest BCUT2D eigenvalue weighted by molar-refractivity contribution is -0.142. The highest BCUT2D eigenvalue weighted by molar-refractivity contribution is 6.33. The number of rotatable bonds is 3. The van der Waals surface area contributed by atoms with Crippen LogP contribution in [0.15, 0.2) is 48.5 Å². The summed E-state index contributed by atoms with van der Waals surface area (Å²) >= 11 is 6.24. The molecular formula is C28H30ClFN4O5. The number of hydrogen-bond acceptors (Lipinski definition) is 5. The van der Waals surface area contributed by atoms with Crippen molar-refractivity contribution in [2.24, 2.45) is 0 Å². The molecule has 1 spiro atoms. The maximum atomic E-state index is 13.9. The fourth-order valence-electron chi connectivity index (χ4n) is 5.60. The molecule has 0 radical (unpaired) electrons. The van der Waals surface area contributed by atoms with Crippen LogP contribution < -0.4 is 0 Å². The molecule has 9 nitrogen and oxygen atoms in total. The van der Waals surface area contributed by atoms with Gasteiger partial charge in [-0.3, -0.25) is 24.1 Å². The fourth-order valence-corrected chi connectivity index (χ4v) is 5.82. The Morgan fingerprint density at radius 1 is 0.846 bits per heavy atom. The van der Waals surface area contributed by atoms with E-state index in [1.807, 2.05) is 0 Å². The summed E-state index contributed by atoms with van der Waals surface area (Å²) in [5, 5.41) is 0.364. The van der Waals surface area contributed by atoms with Crippen LogP contribution >= 0.6 is 11.6 Å².